The van der Waals surface area contributed by atoms with Crippen LogP contribution >= 0.6 is 0 Å². The zero-order valence-corrected chi connectivity index (χ0v) is 20.6. The molecule has 0 saturated carbocycles. The van der Waals surface area contributed by atoms with E-state index >= 15 is 0 Å². The predicted octanol–water partition coefficient (Wildman–Crippen LogP) is 4.29. The molecule has 9 nitrogen and oxygen atoms in total. The van der Waals surface area contributed by atoms with Crippen LogP contribution < -0.4 is 14.4 Å². The van der Waals surface area contributed by atoms with Crippen LogP contribution in [0.25, 0.3) is 5.76 Å². The summed E-state index contributed by atoms with van der Waals surface area (Å²) in [5.74, 6) is -2.06. The van der Waals surface area contributed by atoms with Crippen molar-refractivity contribution in [2.24, 2.45) is 0 Å². The summed E-state index contributed by atoms with van der Waals surface area (Å²) in [6.07, 6.45) is 2.19. The van der Waals surface area contributed by atoms with Gasteiger partial charge in [0.05, 0.1) is 43.2 Å². The van der Waals surface area contributed by atoms with E-state index in [4.69, 9.17) is 14.2 Å². The number of pyridine rings is 1. The topological polar surface area (TPSA) is 115 Å². The van der Waals surface area contributed by atoms with Crippen molar-refractivity contribution >= 4 is 29.1 Å². The third-order valence-electron chi connectivity index (χ3n) is 5.87. The summed E-state index contributed by atoms with van der Waals surface area (Å²) in [6.45, 7) is 2.14. The zero-order chi connectivity index (χ0) is 26.5. The maximum absolute atomic E-state index is 13.4. The van der Waals surface area contributed by atoms with Crippen molar-refractivity contribution in [3.05, 3.63) is 89.3 Å². The molecule has 1 aliphatic rings. The second-order valence-electron chi connectivity index (χ2n) is 8.18. The minimum atomic E-state index is -1.07. The van der Waals surface area contributed by atoms with Gasteiger partial charge in [0.2, 0.25) is 0 Å². The number of aliphatic hydroxyl groups excluding tert-OH is 1. The molecule has 0 spiro atoms. The number of Topliss-reactive ketones (excluding diaryl/α,β-unsaturated/α-hetero) is 1. The lowest BCUT2D eigenvalue weighted by molar-refractivity contribution is -0.132. The number of hydrogen-bond donors (Lipinski definition) is 1. The van der Waals surface area contributed by atoms with Gasteiger partial charge in [0.1, 0.15) is 23.3 Å². The van der Waals surface area contributed by atoms with Crippen LogP contribution in [0.15, 0.2) is 72.4 Å². The first kappa shape index (κ1) is 25.4. The highest BCUT2D eigenvalue weighted by Gasteiger charge is 2.48. The molecule has 2 aromatic carbocycles. The highest BCUT2D eigenvalue weighted by Crippen LogP contribution is 2.43. The van der Waals surface area contributed by atoms with Gasteiger partial charge in [0.15, 0.2) is 0 Å². The lowest BCUT2D eigenvalue weighted by atomic mass is 9.97. The number of methoxy groups -OCH3 is 2. The Morgan fingerprint density at radius 3 is 2.51 bits per heavy atom. The number of nitrogens with zero attached hydrogens (tertiary/aromatic N) is 2. The first-order valence-corrected chi connectivity index (χ1v) is 11.6. The monoisotopic (exact) mass is 502 g/mol. The molecule has 1 aromatic heterocycles. The predicted molar refractivity (Wildman–Crippen MR) is 136 cm³/mol. The van der Waals surface area contributed by atoms with Gasteiger partial charge in [0, 0.05) is 11.9 Å². The van der Waals surface area contributed by atoms with Crippen molar-refractivity contribution in [1.82, 2.24) is 4.98 Å². The standard InChI is InChI=1S/C28H26N2O7/c1-4-14-37-28(34)17-8-7-9-18(15-17)30-24(21-10-5-6-13-29-21)23(26(32)27(30)33)25(31)20-16-19(35-2)11-12-22(20)36-3/h5-13,15-16,24,31H,4,14H2,1-3H3/b25-23+. The summed E-state index contributed by atoms with van der Waals surface area (Å²) < 4.78 is 15.9. The summed E-state index contributed by atoms with van der Waals surface area (Å²) in [5, 5.41) is 11.4. The molecule has 2 heterocycles. The Kier molecular flexibility index (Phi) is 7.52. The number of hydrogen-bond acceptors (Lipinski definition) is 8. The molecule has 1 aliphatic heterocycles. The molecule has 1 N–H and O–H groups in total. The number of ketones is 1. The summed E-state index contributed by atoms with van der Waals surface area (Å²) >= 11 is 0. The highest BCUT2D eigenvalue weighted by molar-refractivity contribution is 6.51. The van der Waals surface area contributed by atoms with Crippen molar-refractivity contribution in [3.8, 4) is 11.5 Å². The first-order chi connectivity index (χ1) is 17.9. The van der Waals surface area contributed by atoms with Crippen LogP contribution in [0.2, 0.25) is 0 Å². The summed E-state index contributed by atoms with van der Waals surface area (Å²) in [4.78, 5) is 44.9. The van der Waals surface area contributed by atoms with Gasteiger partial charge in [-0.25, -0.2) is 4.79 Å². The lowest BCUT2D eigenvalue weighted by Gasteiger charge is -2.25. The van der Waals surface area contributed by atoms with E-state index in [0.717, 1.165) is 0 Å². The normalized spacial score (nSPS) is 16.5. The van der Waals surface area contributed by atoms with Crippen molar-refractivity contribution < 1.29 is 33.7 Å². The Hall–Kier alpha value is -4.66. The number of ether oxygens (including phenoxy) is 3. The van der Waals surface area contributed by atoms with E-state index in [-0.39, 0.29) is 34.7 Å². The molecule has 1 amide bonds. The third-order valence-corrected chi connectivity index (χ3v) is 5.87. The second-order valence-corrected chi connectivity index (χ2v) is 8.18. The Labute approximate surface area is 213 Å². The van der Waals surface area contributed by atoms with E-state index in [1.165, 1.54) is 37.4 Å². The van der Waals surface area contributed by atoms with Gasteiger partial charge in [-0.15, -0.1) is 0 Å². The fraction of sp³-hybridized carbons (Fsp3) is 0.214. The lowest BCUT2D eigenvalue weighted by Crippen LogP contribution is -2.30. The first-order valence-electron chi connectivity index (χ1n) is 11.6. The average Bonchev–Trinajstić information content (AvgIpc) is 3.21. The third kappa shape index (κ3) is 4.88. The largest absolute Gasteiger partial charge is 0.507 e. The maximum atomic E-state index is 13.4. The van der Waals surface area contributed by atoms with Gasteiger partial charge in [-0.2, -0.15) is 0 Å². The zero-order valence-electron chi connectivity index (χ0n) is 20.6. The molecule has 0 aliphatic carbocycles. The number of aliphatic hydroxyl groups is 1. The highest BCUT2D eigenvalue weighted by atomic mass is 16.5. The van der Waals surface area contributed by atoms with E-state index in [9.17, 15) is 19.5 Å². The van der Waals surface area contributed by atoms with E-state index in [1.807, 2.05) is 6.92 Å². The van der Waals surface area contributed by atoms with Crippen molar-refractivity contribution in [2.75, 3.05) is 25.7 Å². The van der Waals surface area contributed by atoms with Crippen LogP contribution in [0.4, 0.5) is 5.69 Å². The number of esters is 1. The van der Waals surface area contributed by atoms with E-state index < -0.39 is 29.5 Å². The molecule has 0 radical (unpaired) electrons. The van der Waals surface area contributed by atoms with Gasteiger partial charge in [-0.1, -0.05) is 19.1 Å². The molecule has 1 unspecified atom stereocenters. The molecule has 190 valence electrons. The van der Waals surface area contributed by atoms with E-state index in [0.29, 0.717) is 17.9 Å². The summed E-state index contributed by atoms with van der Waals surface area (Å²) in [6, 6.07) is 15.0. The van der Waals surface area contributed by atoms with E-state index in [1.54, 1.807) is 48.5 Å². The fourth-order valence-electron chi connectivity index (χ4n) is 4.12. The van der Waals surface area contributed by atoms with Gasteiger partial charge < -0.3 is 19.3 Å². The number of aromatic nitrogens is 1. The van der Waals surface area contributed by atoms with Crippen LogP contribution in [-0.2, 0) is 14.3 Å². The molecule has 9 heteroatoms. The van der Waals surface area contributed by atoms with Crippen molar-refractivity contribution in [1.29, 1.82) is 0 Å². The van der Waals surface area contributed by atoms with Crippen LogP contribution in [0.3, 0.4) is 0 Å². The average molecular weight is 503 g/mol. The molecule has 3 aromatic rings. The Bertz CT molecular complexity index is 1370. The van der Waals surface area contributed by atoms with Gasteiger partial charge in [0.25, 0.3) is 11.7 Å². The molecule has 1 fully saturated rings. The number of anilines is 1. The van der Waals surface area contributed by atoms with Crippen LogP contribution in [0.1, 0.15) is 41.0 Å². The molecule has 37 heavy (non-hydrogen) atoms. The molecule has 0 bridgehead atoms. The van der Waals surface area contributed by atoms with Gasteiger partial charge in [-0.05, 0) is 55.0 Å². The Morgan fingerprint density at radius 1 is 1.03 bits per heavy atom. The van der Waals surface area contributed by atoms with Gasteiger partial charge >= 0.3 is 5.97 Å². The van der Waals surface area contributed by atoms with Crippen LogP contribution in [0, 0.1) is 0 Å². The number of benzene rings is 2. The van der Waals surface area contributed by atoms with Gasteiger partial charge in [-0.3, -0.25) is 19.5 Å². The van der Waals surface area contributed by atoms with Crippen molar-refractivity contribution in [2.45, 2.75) is 19.4 Å². The number of carbonyl (C=O) groups is 3. The number of carbonyl (C=O) groups excluding carboxylic acids is 3. The molecular formula is C28H26N2O7. The summed E-state index contributed by atoms with van der Waals surface area (Å²) in [7, 11) is 2.90. The molecular weight excluding hydrogens is 476 g/mol. The minimum Gasteiger partial charge on any atom is -0.507 e. The smallest absolute Gasteiger partial charge is 0.338 e. The summed E-state index contributed by atoms with van der Waals surface area (Å²) in [5.41, 5.74) is 0.860. The second kappa shape index (κ2) is 10.9. The number of rotatable bonds is 8. The Balaban J connectivity index is 1.90. The van der Waals surface area contributed by atoms with Crippen molar-refractivity contribution in [3.63, 3.8) is 0 Å². The molecule has 1 saturated heterocycles. The maximum Gasteiger partial charge on any atom is 0.338 e. The number of amides is 1. The van der Waals surface area contributed by atoms with Crippen LogP contribution in [-0.4, -0.2) is 48.6 Å². The van der Waals surface area contributed by atoms with Crippen LogP contribution in [0.5, 0.6) is 11.5 Å². The fourth-order valence-corrected chi connectivity index (χ4v) is 4.12. The molecule has 1 atom stereocenters. The minimum absolute atomic E-state index is 0.172. The molecule has 4 rings (SSSR count). The quantitative estimate of drug-likeness (QED) is 0.210. The van der Waals surface area contributed by atoms with E-state index in [2.05, 4.69) is 4.98 Å². The SMILES string of the molecule is CCCOC(=O)c1cccc(N2C(=O)C(=O)/C(=C(/O)c3cc(OC)ccc3OC)C2c2ccccn2)c1. The Morgan fingerprint density at radius 2 is 1.84 bits per heavy atom.